The van der Waals surface area contributed by atoms with Crippen molar-refractivity contribution < 1.29 is 0 Å². The molecule has 3 aliphatic rings. The topological polar surface area (TPSA) is 15.6 Å². The fraction of sp³-hybridized carbons (Fsp3) is 0.381. The Morgan fingerprint density at radius 2 is 2.04 bits per heavy atom. The van der Waals surface area contributed by atoms with E-state index in [2.05, 4.69) is 49.1 Å². The average Bonchev–Trinajstić information content (AvgIpc) is 3.14. The van der Waals surface area contributed by atoms with Crippen molar-refractivity contribution in [3.8, 4) is 0 Å². The van der Waals surface area contributed by atoms with E-state index >= 15 is 0 Å². The van der Waals surface area contributed by atoms with Crippen molar-refractivity contribution >= 4 is 28.7 Å². The number of aryl methyl sites for hydroxylation is 1. The van der Waals surface area contributed by atoms with Crippen molar-refractivity contribution in [2.75, 3.05) is 11.4 Å². The van der Waals surface area contributed by atoms with E-state index in [9.17, 15) is 0 Å². The fourth-order valence-corrected chi connectivity index (χ4v) is 5.33. The van der Waals surface area contributed by atoms with E-state index in [1.165, 1.54) is 46.6 Å². The van der Waals surface area contributed by atoms with E-state index in [0.29, 0.717) is 6.04 Å². The molecule has 0 radical (unpaired) electrons. The number of benzene rings is 2. The maximum Gasteiger partial charge on any atom is 0.0671 e. The summed E-state index contributed by atoms with van der Waals surface area (Å²) in [5, 5.41) is 0.836. The lowest BCUT2D eigenvalue weighted by Crippen LogP contribution is -2.55. The maximum atomic E-state index is 6.30. The summed E-state index contributed by atoms with van der Waals surface area (Å²) in [6, 6.07) is 13.6. The predicted molar refractivity (Wildman–Crippen MR) is 101 cm³/mol. The van der Waals surface area contributed by atoms with Crippen molar-refractivity contribution in [1.82, 2.24) is 0 Å². The van der Waals surface area contributed by atoms with Crippen LogP contribution in [0.25, 0.3) is 0 Å². The van der Waals surface area contributed by atoms with Crippen LogP contribution in [0.1, 0.15) is 36.5 Å². The van der Waals surface area contributed by atoms with E-state index < -0.39 is 0 Å². The van der Waals surface area contributed by atoms with Gasteiger partial charge >= 0.3 is 0 Å². The molecule has 122 valence electrons. The lowest BCUT2D eigenvalue weighted by atomic mass is 9.65. The van der Waals surface area contributed by atoms with Crippen LogP contribution in [-0.4, -0.2) is 18.3 Å². The van der Waals surface area contributed by atoms with Crippen molar-refractivity contribution in [3.05, 3.63) is 58.1 Å². The second kappa shape index (κ2) is 4.86. The van der Waals surface area contributed by atoms with Crippen LogP contribution in [0.5, 0.6) is 0 Å². The smallest absolute Gasteiger partial charge is 0.0671 e. The van der Waals surface area contributed by atoms with E-state index in [4.69, 9.17) is 16.6 Å². The van der Waals surface area contributed by atoms with Crippen LogP contribution in [0, 0.1) is 6.92 Å². The standard InChI is InChI=1S/C21H21ClN2/c1-13-5-8-18-17(10-13)21(14(2)23-18)12-15-6-7-16(22)11-19(15)24-9-3-4-20(21)24/h5-8,10-11,20H,3-4,9,12H2,1-2H3. The van der Waals surface area contributed by atoms with Gasteiger partial charge in [0.05, 0.1) is 11.1 Å². The molecule has 3 heteroatoms. The molecule has 0 N–H and O–H groups in total. The Balaban J connectivity index is 1.77. The molecule has 0 amide bonds. The van der Waals surface area contributed by atoms with Crippen molar-refractivity contribution in [2.45, 2.75) is 44.6 Å². The second-order valence-electron chi connectivity index (χ2n) is 7.49. The highest BCUT2D eigenvalue weighted by atomic mass is 35.5. The summed E-state index contributed by atoms with van der Waals surface area (Å²) in [7, 11) is 0. The summed E-state index contributed by atoms with van der Waals surface area (Å²) in [6.07, 6.45) is 3.51. The van der Waals surface area contributed by atoms with Gasteiger partial charge in [0.15, 0.2) is 0 Å². The van der Waals surface area contributed by atoms with E-state index in [-0.39, 0.29) is 5.41 Å². The van der Waals surface area contributed by atoms with Crippen LogP contribution in [0.3, 0.4) is 0 Å². The monoisotopic (exact) mass is 336 g/mol. The third-order valence-corrected chi connectivity index (χ3v) is 6.45. The van der Waals surface area contributed by atoms with Gasteiger partial charge in [0, 0.05) is 29.0 Å². The summed E-state index contributed by atoms with van der Waals surface area (Å²) >= 11 is 6.30. The zero-order valence-electron chi connectivity index (χ0n) is 14.1. The largest absolute Gasteiger partial charge is 0.367 e. The van der Waals surface area contributed by atoms with Gasteiger partial charge < -0.3 is 4.90 Å². The van der Waals surface area contributed by atoms with Gasteiger partial charge in [0.25, 0.3) is 0 Å². The summed E-state index contributed by atoms with van der Waals surface area (Å²) in [5.74, 6) is 0. The van der Waals surface area contributed by atoms with Crippen LogP contribution >= 0.6 is 11.6 Å². The summed E-state index contributed by atoms with van der Waals surface area (Å²) in [5.41, 5.74) is 7.97. The first-order valence-corrected chi connectivity index (χ1v) is 9.19. The minimum Gasteiger partial charge on any atom is -0.367 e. The molecule has 0 bridgehead atoms. The predicted octanol–water partition coefficient (Wildman–Crippen LogP) is 5.22. The number of aliphatic imine (C=N–C) groups is 1. The Hall–Kier alpha value is -1.80. The maximum absolute atomic E-state index is 6.30. The van der Waals surface area contributed by atoms with E-state index in [1.807, 2.05) is 6.07 Å². The van der Waals surface area contributed by atoms with Crippen molar-refractivity contribution in [1.29, 1.82) is 0 Å². The molecule has 2 atom stereocenters. The lowest BCUT2D eigenvalue weighted by Gasteiger charge is -2.47. The molecular formula is C21H21ClN2. The zero-order chi connectivity index (χ0) is 16.5. The Morgan fingerprint density at radius 1 is 1.17 bits per heavy atom. The molecule has 3 heterocycles. The third-order valence-electron chi connectivity index (χ3n) is 6.21. The molecule has 1 saturated heterocycles. The SMILES string of the molecule is CC1=Nc2ccc(C)cc2C12Cc1ccc(Cl)cc1N1CCCC12. The summed E-state index contributed by atoms with van der Waals surface area (Å²) in [4.78, 5) is 7.58. The van der Waals surface area contributed by atoms with Crippen LogP contribution in [-0.2, 0) is 11.8 Å². The summed E-state index contributed by atoms with van der Waals surface area (Å²) in [6.45, 7) is 5.53. The lowest BCUT2D eigenvalue weighted by molar-refractivity contribution is 0.433. The highest BCUT2D eigenvalue weighted by molar-refractivity contribution is 6.30. The van der Waals surface area contributed by atoms with Gasteiger partial charge in [-0.1, -0.05) is 35.4 Å². The van der Waals surface area contributed by atoms with E-state index in [0.717, 1.165) is 18.0 Å². The van der Waals surface area contributed by atoms with Gasteiger partial charge in [-0.3, -0.25) is 4.99 Å². The molecule has 2 unspecified atom stereocenters. The molecule has 0 aliphatic carbocycles. The minimum atomic E-state index is 0.0265. The van der Waals surface area contributed by atoms with Gasteiger partial charge in [-0.15, -0.1) is 0 Å². The fourth-order valence-electron chi connectivity index (χ4n) is 5.16. The number of hydrogen-bond donors (Lipinski definition) is 0. The number of halogens is 1. The molecular weight excluding hydrogens is 316 g/mol. The van der Waals surface area contributed by atoms with Crippen LogP contribution in [0.4, 0.5) is 11.4 Å². The number of rotatable bonds is 0. The zero-order valence-corrected chi connectivity index (χ0v) is 14.9. The van der Waals surface area contributed by atoms with Gasteiger partial charge in [-0.2, -0.15) is 0 Å². The molecule has 3 aliphatic heterocycles. The highest BCUT2D eigenvalue weighted by Crippen LogP contribution is 2.53. The Kier molecular flexibility index (Phi) is 2.94. The van der Waals surface area contributed by atoms with Gasteiger partial charge in [-0.05, 0) is 62.4 Å². The molecule has 0 aromatic heterocycles. The number of anilines is 1. The molecule has 5 rings (SSSR count). The third kappa shape index (κ3) is 1.75. The molecule has 2 nitrogen and oxygen atoms in total. The molecule has 1 spiro atoms. The molecule has 2 aromatic carbocycles. The Bertz CT molecular complexity index is 885. The number of nitrogens with zero attached hydrogens (tertiary/aromatic N) is 2. The first-order chi connectivity index (χ1) is 11.6. The second-order valence-corrected chi connectivity index (χ2v) is 7.93. The van der Waals surface area contributed by atoms with Crippen molar-refractivity contribution in [2.24, 2.45) is 4.99 Å². The number of fused-ring (bicyclic) bond motifs is 6. The quantitative estimate of drug-likeness (QED) is 0.644. The molecule has 2 aromatic rings. The van der Waals surface area contributed by atoms with Gasteiger partial charge in [0.1, 0.15) is 0 Å². The molecule has 0 saturated carbocycles. The normalized spacial score (nSPS) is 27.0. The van der Waals surface area contributed by atoms with Crippen molar-refractivity contribution in [3.63, 3.8) is 0 Å². The molecule has 1 fully saturated rings. The van der Waals surface area contributed by atoms with E-state index in [1.54, 1.807) is 0 Å². The molecule has 24 heavy (non-hydrogen) atoms. The highest BCUT2D eigenvalue weighted by Gasteiger charge is 2.54. The Morgan fingerprint density at radius 3 is 2.92 bits per heavy atom. The van der Waals surface area contributed by atoms with Crippen LogP contribution in [0.2, 0.25) is 5.02 Å². The average molecular weight is 337 g/mol. The summed E-state index contributed by atoms with van der Waals surface area (Å²) < 4.78 is 0. The minimum absolute atomic E-state index is 0.0265. The van der Waals surface area contributed by atoms with Gasteiger partial charge in [-0.25, -0.2) is 0 Å². The Labute approximate surface area is 148 Å². The first kappa shape index (κ1) is 14.5. The number of hydrogen-bond acceptors (Lipinski definition) is 2. The van der Waals surface area contributed by atoms with Gasteiger partial charge in [0.2, 0.25) is 0 Å². The van der Waals surface area contributed by atoms with Crippen LogP contribution in [0.15, 0.2) is 41.4 Å². The first-order valence-electron chi connectivity index (χ1n) is 8.81. The van der Waals surface area contributed by atoms with Crippen LogP contribution < -0.4 is 4.90 Å².